The summed E-state index contributed by atoms with van der Waals surface area (Å²) in [5.41, 5.74) is 0. The fraction of sp³-hybridized carbons (Fsp3) is 1.00. The number of aliphatic hydroxyl groups is 1. The standard InChI is InChI=1S/C9H17NOS/c1-7-6-12-3-2-10(7)9-4-8(9)5-11/h7-9,11H,2-6H2,1H3. The van der Waals surface area contributed by atoms with Crippen LogP contribution in [0.5, 0.6) is 0 Å². The molecule has 1 heterocycles. The Morgan fingerprint density at radius 3 is 3.00 bits per heavy atom. The Balaban J connectivity index is 1.86. The van der Waals surface area contributed by atoms with Crippen LogP contribution in [0.1, 0.15) is 13.3 Å². The van der Waals surface area contributed by atoms with Gasteiger partial charge < -0.3 is 5.11 Å². The van der Waals surface area contributed by atoms with Gasteiger partial charge in [-0.2, -0.15) is 11.8 Å². The molecule has 0 aromatic rings. The van der Waals surface area contributed by atoms with E-state index in [1.165, 1.54) is 24.5 Å². The van der Waals surface area contributed by atoms with E-state index in [2.05, 4.69) is 23.6 Å². The van der Waals surface area contributed by atoms with Crippen molar-refractivity contribution in [2.45, 2.75) is 25.4 Å². The van der Waals surface area contributed by atoms with E-state index in [0.717, 1.165) is 6.04 Å². The Kier molecular flexibility index (Phi) is 2.63. The van der Waals surface area contributed by atoms with E-state index >= 15 is 0 Å². The van der Waals surface area contributed by atoms with Gasteiger partial charge in [-0.25, -0.2) is 0 Å². The quantitative estimate of drug-likeness (QED) is 0.692. The van der Waals surface area contributed by atoms with Crippen molar-refractivity contribution < 1.29 is 5.11 Å². The highest BCUT2D eigenvalue weighted by atomic mass is 32.2. The molecule has 2 fully saturated rings. The molecule has 1 saturated heterocycles. The van der Waals surface area contributed by atoms with Gasteiger partial charge in [-0.3, -0.25) is 4.90 Å². The third-order valence-electron chi connectivity index (χ3n) is 2.96. The van der Waals surface area contributed by atoms with Crippen LogP contribution in [0, 0.1) is 5.92 Å². The van der Waals surface area contributed by atoms with Crippen molar-refractivity contribution in [3.05, 3.63) is 0 Å². The molecule has 1 N–H and O–H groups in total. The van der Waals surface area contributed by atoms with Gasteiger partial charge in [0, 0.05) is 36.7 Å². The molecule has 3 heteroatoms. The van der Waals surface area contributed by atoms with Crippen LogP contribution in [-0.2, 0) is 0 Å². The molecule has 0 spiro atoms. The van der Waals surface area contributed by atoms with Crippen molar-refractivity contribution in [3.8, 4) is 0 Å². The summed E-state index contributed by atoms with van der Waals surface area (Å²) in [6.07, 6.45) is 1.23. The minimum absolute atomic E-state index is 0.390. The van der Waals surface area contributed by atoms with Crippen LogP contribution in [0.4, 0.5) is 0 Å². The highest BCUT2D eigenvalue weighted by Crippen LogP contribution is 2.37. The minimum atomic E-state index is 0.390. The molecular weight excluding hydrogens is 170 g/mol. The van der Waals surface area contributed by atoms with E-state index in [0.29, 0.717) is 18.6 Å². The second kappa shape index (κ2) is 3.56. The average molecular weight is 187 g/mol. The number of nitrogens with zero attached hydrogens (tertiary/aromatic N) is 1. The molecule has 2 rings (SSSR count). The monoisotopic (exact) mass is 187 g/mol. The van der Waals surface area contributed by atoms with Gasteiger partial charge in [-0.1, -0.05) is 0 Å². The molecule has 1 saturated carbocycles. The number of aliphatic hydroxyl groups excluding tert-OH is 1. The molecule has 1 aliphatic heterocycles. The van der Waals surface area contributed by atoms with Crippen LogP contribution in [-0.4, -0.2) is 46.7 Å². The Hall–Kier alpha value is 0.270. The summed E-state index contributed by atoms with van der Waals surface area (Å²) in [5.74, 6) is 3.14. The van der Waals surface area contributed by atoms with Crippen LogP contribution in [0.15, 0.2) is 0 Å². The Bertz CT molecular complexity index is 165. The van der Waals surface area contributed by atoms with Crippen molar-refractivity contribution in [2.75, 3.05) is 24.7 Å². The van der Waals surface area contributed by atoms with Gasteiger partial charge in [0.15, 0.2) is 0 Å². The molecule has 0 bridgehead atoms. The smallest absolute Gasteiger partial charge is 0.0474 e. The molecule has 0 amide bonds. The predicted octanol–water partition coefficient (Wildman–Crippen LogP) is 0.804. The largest absolute Gasteiger partial charge is 0.396 e. The van der Waals surface area contributed by atoms with Gasteiger partial charge in [0.1, 0.15) is 0 Å². The van der Waals surface area contributed by atoms with Crippen LogP contribution in [0.2, 0.25) is 0 Å². The van der Waals surface area contributed by atoms with Crippen LogP contribution in [0.25, 0.3) is 0 Å². The first kappa shape index (κ1) is 8.85. The summed E-state index contributed by atoms with van der Waals surface area (Å²) in [7, 11) is 0. The molecule has 2 nitrogen and oxygen atoms in total. The van der Waals surface area contributed by atoms with E-state index in [9.17, 15) is 0 Å². The SMILES string of the molecule is CC1CSCCN1C1CC1CO. The fourth-order valence-corrected chi connectivity index (χ4v) is 3.11. The zero-order valence-electron chi connectivity index (χ0n) is 7.57. The van der Waals surface area contributed by atoms with Gasteiger partial charge in [0.05, 0.1) is 0 Å². The zero-order chi connectivity index (χ0) is 8.55. The van der Waals surface area contributed by atoms with Crippen molar-refractivity contribution >= 4 is 11.8 Å². The third kappa shape index (κ3) is 1.63. The Morgan fingerprint density at radius 2 is 2.42 bits per heavy atom. The number of hydrogen-bond donors (Lipinski definition) is 1. The molecule has 3 atom stereocenters. The maximum atomic E-state index is 8.96. The summed E-state index contributed by atoms with van der Waals surface area (Å²) < 4.78 is 0. The van der Waals surface area contributed by atoms with E-state index in [4.69, 9.17) is 5.11 Å². The summed E-state index contributed by atoms with van der Waals surface area (Å²) in [6, 6.07) is 1.44. The van der Waals surface area contributed by atoms with Gasteiger partial charge in [-0.05, 0) is 19.3 Å². The normalized spacial score (nSPS) is 43.0. The lowest BCUT2D eigenvalue weighted by Crippen LogP contribution is -2.42. The first-order chi connectivity index (χ1) is 5.83. The zero-order valence-corrected chi connectivity index (χ0v) is 8.39. The second-order valence-corrected chi connectivity index (χ2v) is 5.06. The summed E-state index contributed by atoms with van der Waals surface area (Å²) in [6.45, 7) is 3.92. The van der Waals surface area contributed by atoms with E-state index in [1.807, 2.05) is 0 Å². The maximum Gasteiger partial charge on any atom is 0.0474 e. The topological polar surface area (TPSA) is 23.5 Å². The first-order valence-electron chi connectivity index (χ1n) is 4.77. The molecule has 70 valence electrons. The third-order valence-corrected chi connectivity index (χ3v) is 4.15. The molecular formula is C9H17NOS. The number of hydrogen-bond acceptors (Lipinski definition) is 3. The van der Waals surface area contributed by atoms with Gasteiger partial charge >= 0.3 is 0 Å². The number of rotatable bonds is 2. The Morgan fingerprint density at radius 1 is 1.58 bits per heavy atom. The molecule has 3 unspecified atom stereocenters. The maximum absolute atomic E-state index is 8.96. The van der Waals surface area contributed by atoms with Crippen LogP contribution in [0.3, 0.4) is 0 Å². The summed E-state index contributed by atoms with van der Waals surface area (Å²) >= 11 is 2.06. The predicted molar refractivity (Wildman–Crippen MR) is 52.5 cm³/mol. The molecule has 0 aromatic carbocycles. The molecule has 0 radical (unpaired) electrons. The van der Waals surface area contributed by atoms with Crippen LogP contribution < -0.4 is 0 Å². The second-order valence-electron chi connectivity index (χ2n) is 3.91. The van der Waals surface area contributed by atoms with E-state index in [1.54, 1.807) is 0 Å². The lowest BCUT2D eigenvalue weighted by atomic mass is 10.3. The fourth-order valence-electron chi connectivity index (χ4n) is 2.07. The lowest BCUT2D eigenvalue weighted by Gasteiger charge is -2.33. The van der Waals surface area contributed by atoms with Crippen molar-refractivity contribution in [1.82, 2.24) is 4.90 Å². The Labute approximate surface area is 78.3 Å². The van der Waals surface area contributed by atoms with Gasteiger partial charge in [0.2, 0.25) is 0 Å². The summed E-state index contributed by atoms with van der Waals surface area (Å²) in [4.78, 5) is 2.58. The first-order valence-corrected chi connectivity index (χ1v) is 5.92. The van der Waals surface area contributed by atoms with E-state index in [-0.39, 0.29) is 0 Å². The number of thioether (sulfide) groups is 1. The highest BCUT2D eigenvalue weighted by molar-refractivity contribution is 7.99. The molecule has 0 aromatic heterocycles. The molecule has 1 aliphatic carbocycles. The molecule has 12 heavy (non-hydrogen) atoms. The van der Waals surface area contributed by atoms with Crippen molar-refractivity contribution in [3.63, 3.8) is 0 Å². The van der Waals surface area contributed by atoms with E-state index < -0.39 is 0 Å². The molecule has 2 aliphatic rings. The minimum Gasteiger partial charge on any atom is -0.396 e. The van der Waals surface area contributed by atoms with Crippen molar-refractivity contribution in [2.24, 2.45) is 5.92 Å². The lowest BCUT2D eigenvalue weighted by molar-refractivity contribution is 0.189. The van der Waals surface area contributed by atoms with Crippen molar-refractivity contribution in [1.29, 1.82) is 0 Å². The highest BCUT2D eigenvalue weighted by Gasteiger charge is 2.43. The summed E-state index contributed by atoms with van der Waals surface area (Å²) in [5, 5.41) is 8.96. The van der Waals surface area contributed by atoms with Gasteiger partial charge in [-0.15, -0.1) is 0 Å². The average Bonchev–Trinajstić information content (AvgIpc) is 2.84. The van der Waals surface area contributed by atoms with Crippen LogP contribution >= 0.6 is 11.8 Å². The van der Waals surface area contributed by atoms with Gasteiger partial charge in [0.25, 0.3) is 0 Å².